The van der Waals surface area contributed by atoms with Crippen LogP contribution in [0, 0.1) is 13.8 Å². The van der Waals surface area contributed by atoms with Crippen LogP contribution in [0.25, 0.3) is 0 Å². The molecule has 1 unspecified atom stereocenters. The molecule has 1 aromatic carbocycles. The zero-order chi connectivity index (χ0) is 14.5. The molecule has 0 saturated heterocycles. The van der Waals surface area contributed by atoms with Crippen molar-refractivity contribution in [2.75, 3.05) is 20.6 Å². The van der Waals surface area contributed by atoms with Gasteiger partial charge in [0.1, 0.15) is 0 Å². The van der Waals surface area contributed by atoms with E-state index in [1.54, 1.807) is 0 Å². The van der Waals surface area contributed by atoms with Crippen LogP contribution in [0.1, 0.15) is 54.8 Å². The predicted molar refractivity (Wildman–Crippen MR) is 87.2 cm³/mol. The second-order valence-electron chi connectivity index (χ2n) is 6.49. The fraction of sp³-hybridized carbons (Fsp3) is 0.667. The highest BCUT2D eigenvalue weighted by atomic mass is 15.1. The molecule has 20 heavy (non-hydrogen) atoms. The lowest BCUT2D eigenvalue weighted by Crippen LogP contribution is -2.39. The maximum Gasteiger partial charge on any atom is 0.0447 e. The van der Waals surface area contributed by atoms with Crippen LogP contribution in [0.5, 0.6) is 0 Å². The summed E-state index contributed by atoms with van der Waals surface area (Å²) < 4.78 is 0. The van der Waals surface area contributed by atoms with Gasteiger partial charge in [0, 0.05) is 18.6 Å². The number of hydrogen-bond acceptors (Lipinski definition) is 2. The van der Waals surface area contributed by atoms with Crippen LogP contribution >= 0.6 is 0 Å². The Kier molecular flexibility index (Phi) is 5.62. The molecular weight excluding hydrogens is 244 g/mol. The Morgan fingerprint density at radius 3 is 2.25 bits per heavy atom. The van der Waals surface area contributed by atoms with Crippen molar-refractivity contribution >= 4 is 0 Å². The molecule has 0 radical (unpaired) electrons. The predicted octanol–water partition coefficient (Wildman–Crippen LogP) is 3.83. The molecule has 1 aliphatic rings. The van der Waals surface area contributed by atoms with Crippen molar-refractivity contribution in [1.29, 1.82) is 0 Å². The van der Waals surface area contributed by atoms with Crippen LogP contribution < -0.4 is 5.32 Å². The van der Waals surface area contributed by atoms with E-state index in [9.17, 15) is 0 Å². The number of rotatable bonds is 5. The maximum absolute atomic E-state index is 3.50. The average molecular weight is 274 g/mol. The van der Waals surface area contributed by atoms with Crippen molar-refractivity contribution < 1.29 is 0 Å². The lowest BCUT2D eigenvalue weighted by molar-refractivity contribution is 0.176. The third kappa shape index (κ3) is 4.07. The normalized spacial score (nSPS) is 18.4. The molecule has 1 saturated carbocycles. The highest BCUT2D eigenvalue weighted by molar-refractivity contribution is 5.30. The van der Waals surface area contributed by atoms with Crippen molar-refractivity contribution in [1.82, 2.24) is 10.2 Å². The number of nitrogens with zero attached hydrogens (tertiary/aromatic N) is 1. The highest BCUT2D eigenvalue weighted by Gasteiger charge is 2.21. The first-order valence-electron chi connectivity index (χ1n) is 8.06. The molecule has 1 aliphatic carbocycles. The SMILES string of the molecule is CNC(CN(C)C1CCCCC1)c1cc(C)cc(C)c1. The monoisotopic (exact) mass is 274 g/mol. The number of aryl methyl sites for hydroxylation is 2. The van der Waals surface area contributed by atoms with Crippen LogP contribution in [-0.4, -0.2) is 31.6 Å². The Labute approximate surface area is 124 Å². The molecule has 2 rings (SSSR count). The van der Waals surface area contributed by atoms with Crippen molar-refractivity contribution in [3.8, 4) is 0 Å². The van der Waals surface area contributed by atoms with E-state index in [-0.39, 0.29) is 0 Å². The van der Waals surface area contributed by atoms with Gasteiger partial charge in [0.2, 0.25) is 0 Å². The van der Waals surface area contributed by atoms with Gasteiger partial charge in [-0.2, -0.15) is 0 Å². The van der Waals surface area contributed by atoms with E-state index < -0.39 is 0 Å². The third-order valence-electron chi connectivity index (χ3n) is 4.66. The zero-order valence-corrected chi connectivity index (χ0v) is 13.6. The highest BCUT2D eigenvalue weighted by Crippen LogP contribution is 2.24. The molecule has 0 aliphatic heterocycles. The summed E-state index contributed by atoms with van der Waals surface area (Å²) in [4.78, 5) is 2.57. The van der Waals surface area contributed by atoms with E-state index in [0.717, 1.165) is 12.6 Å². The Balaban J connectivity index is 2.03. The third-order valence-corrected chi connectivity index (χ3v) is 4.66. The Morgan fingerprint density at radius 1 is 1.10 bits per heavy atom. The summed E-state index contributed by atoms with van der Waals surface area (Å²) in [5.41, 5.74) is 4.15. The van der Waals surface area contributed by atoms with Crippen LogP contribution in [0.4, 0.5) is 0 Å². The molecular formula is C18H30N2. The van der Waals surface area contributed by atoms with Gasteiger partial charge in [-0.25, -0.2) is 0 Å². The maximum atomic E-state index is 3.50. The Hall–Kier alpha value is -0.860. The van der Waals surface area contributed by atoms with Crippen LogP contribution in [0.2, 0.25) is 0 Å². The molecule has 0 aromatic heterocycles. The second-order valence-corrected chi connectivity index (χ2v) is 6.49. The van der Waals surface area contributed by atoms with Gasteiger partial charge in [-0.3, -0.25) is 0 Å². The van der Waals surface area contributed by atoms with E-state index in [4.69, 9.17) is 0 Å². The van der Waals surface area contributed by atoms with Gasteiger partial charge in [0.15, 0.2) is 0 Å². The molecule has 1 N–H and O–H groups in total. The van der Waals surface area contributed by atoms with Gasteiger partial charge in [-0.1, -0.05) is 48.6 Å². The first-order chi connectivity index (χ1) is 9.60. The van der Waals surface area contributed by atoms with Gasteiger partial charge >= 0.3 is 0 Å². The number of likely N-dealkylation sites (N-methyl/N-ethyl adjacent to an activating group) is 2. The first kappa shape index (κ1) is 15.5. The topological polar surface area (TPSA) is 15.3 Å². The minimum atomic E-state index is 0.431. The fourth-order valence-corrected chi connectivity index (χ4v) is 3.53. The molecule has 0 bridgehead atoms. The zero-order valence-electron chi connectivity index (χ0n) is 13.6. The fourth-order valence-electron chi connectivity index (χ4n) is 3.53. The van der Waals surface area contributed by atoms with Crippen molar-refractivity contribution in [3.63, 3.8) is 0 Å². The standard InChI is InChI=1S/C18H30N2/c1-14-10-15(2)12-16(11-14)18(19-3)13-20(4)17-8-6-5-7-9-17/h10-12,17-19H,5-9,13H2,1-4H3. The van der Waals surface area contributed by atoms with Crippen molar-refractivity contribution in [2.45, 2.75) is 58.0 Å². The molecule has 0 heterocycles. The summed E-state index contributed by atoms with van der Waals surface area (Å²) in [6, 6.07) is 8.11. The molecule has 1 aromatic rings. The second kappa shape index (κ2) is 7.24. The lowest BCUT2D eigenvalue weighted by Gasteiger charge is -2.34. The van der Waals surface area contributed by atoms with E-state index in [1.165, 1.54) is 48.8 Å². The van der Waals surface area contributed by atoms with Gasteiger partial charge < -0.3 is 10.2 Å². The minimum absolute atomic E-state index is 0.431. The molecule has 1 atom stereocenters. The van der Waals surface area contributed by atoms with Crippen LogP contribution in [0.15, 0.2) is 18.2 Å². The summed E-state index contributed by atoms with van der Waals surface area (Å²) in [5.74, 6) is 0. The smallest absolute Gasteiger partial charge is 0.0447 e. The van der Waals surface area contributed by atoms with E-state index in [0.29, 0.717) is 6.04 Å². The Bertz CT molecular complexity index is 401. The molecule has 1 fully saturated rings. The quantitative estimate of drug-likeness (QED) is 0.878. The summed E-state index contributed by atoms with van der Waals surface area (Å²) in [7, 11) is 4.38. The minimum Gasteiger partial charge on any atom is -0.312 e. The number of nitrogens with one attached hydrogen (secondary N) is 1. The molecule has 112 valence electrons. The number of hydrogen-bond donors (Lipinski definition) is 1. The summed E-state index contributed by atoms with van der Waals surface area (Å²) in [6.45, 7) is 5.48. The Morgan fingerprint density at radius 2 is 1.70 bits per heavy atom. The number of benzene rings is 1. The first-order valence-corrected chi connectivity index (χ1v) is 8.06. The lowest BCUT2D eigenvalue weighted by atomic mass is 9.93. The molecule has 2 heteroatoms. The summed E-state index contributed by atoms with van der Waals surface area (Å²) in [5, 5.41) is 3.50. The van der Waals surface area contributed by atoms with E-state index in [1.807, 2.05) is 0 Å². The summed E-state index contributed by atoms with van der Waals surface area (Å²) >= 11 is 0. The molecule has 0 spiro atoms. The molecule has 2 nitrogen and oxygen atoms in total. The summed E-state index contributed by atoms with van der Waals surface area (Å²) in [6.07, 6.45) is 6.99. The van der Waals surface area contributed by atoms with Crippen LogP contribution in [0.3, 0.4) is 0 Å². The van der Waals surface area contributed by atoms with E-state index >= 15 is 0 Å². The van der Waals surface area contributed by atoms with Gasteiger partial charge in [0.25, 0.3) is 0 Å². The van der Waals surface area contributed by atoms with E-state index in [2.05, 4.69) is 56.4 Å². The van der Waals surface area contributed by atoms with Gasteiger partial charge in [0.05, 0.1) is 0 Å². The van der Waals surface area contributed by atoms with Crippen molar-refractivity contribution in [2.24, 2.45) is 0 Å². The van der Waals surface area contributed by atoms with Crippen LogP contribution in [-0.2, 0) is 0 Å². The van der Waals surface area contributed by atoms with Gasteiger partial charge in [-0.15, -0.1) is 0 Å². The van der Waals surface area contributed by atoms with Gasteiger partial charge in [-0.05, 0) is 46.3 Å². The largest absolute Gasteiger partial charge is 0.312 e. The van der Waals surface area contributed by atoms with Crippen molar-refractivity contribution in [3.05, 3.63) is 34.9 Å². The molecule has 0 amide bonds. The average Bonchev–Trinajstić information content (AvgIpc) is 2.44.